The maximum absolute atomic E-state index is 18.4. The molecule has 0 bridgehead atoms. The number of nitrogens with zero attached hydrogens (tertiary/aromatic N) is 4. The van der Waals surface area contributed by atoms with Crippen LogP contribution in [0.4, 0.5) is 35.1 Å². The molecule has 0 aliphatic heterocycles. The fourth-order valence-corrected chi connectivity index (χ4v) is 25.6. The zero-order valence-electron chi connectivity index (χ0n) is 58.3. The molecule has 0 spiro atoms. The van der Waals surface area contributed by atoms with Crippen molar-refractivity contribution in [3.05, 3.63) is 369 Å². The van der Waals surface area contributed by atoms with Gasteiger partial charge in [0.05, 0.1) is 16.7 Å². The molecule has 0 atom stereocenters. The van der Waals surface area contributed by atoms with Crippen LogP contribution in [0.3, 0.4) is 0 Å². The van der Waals surface area contributed by atoms with Crippen LogP contribution in [-0.2, 0) is 38.3 Å². The van der Waals surface area contributed by atoms with Gasteiger partial charge >= 0.3 is 23.7 Å². The Labute approximate surface area is 635 Å². The van der Waals surface area contributed by atoms with E-state index in [0.29, 0.717) is 39.0 Å². The quantitative estimate of drug-likeness (QED) is 0.0337. The van der Waals surface area contributed by atoms with Gasteiger partial charge in [-0.15, -0.1) is 29.7 Å². The van der Waals surface area contributed by atoms with Crippen molar-refractivity contribution < 1.29 is 65.5 Å². The summed E-state index contributed by atoms with van der Waals surface area (Å²) in [6.07, 6.45) is 5.23. The number of pyridine rings is 1. The Morgan fingerprint density at radius 1 is 0.417 bits per heavy atom. The predicted octanol–water partition coefficient (Wildman–Crippen LogP) is 17.4. The van der Waals surface area contributed by atoms with Gasteiger partial charge in [0.1, 0.15) is 5.82 Å². The van der Waals surface area contributed by atoms with Crippen LogP contribution < -0.4 is 50.8 Å². The monoisotopic (exact) mass is 1640 g/mol. The third-order valence-corrected chi connectivity index (χ3v) is 30.5. The van der Waals surface area contributed by atoms with Crippen molar-refractivity contribution >= 4 is 90.5 Å². The molecule has 0 radical (unpaired) electrons. The number of benzene rings is 13. The van der Waals surface area contributed by atoms with Crippen LogP contribution in [0.5, 0.6) is 11.5 Å². The van der Waals surface area contributed by atoms with E-state index in [1.165, 1.54) is 10.6 Å². The molecular weight excluding hydrogens is 1580 g/mol. The van der Waals surface area contributed by atoms with Crippen LogP contribution in [0.15, 0.2) is 334 Å². The van der Waals surface area contributed by atoms with Gasteiger partial charge in [0, 0.05) is 61.0 Å². The third-order valence-electron chi connectivity index (χ3n) is 21.0. The number of aromatic nitrogens is 4. The molecule has 0 saturated heterocycles. The number of rotatable bonds is 15. The molecule has 0 saturated carbocycles. The van der Waals surface area contributed by atoms with Crippen LogP contribution in [0.25, 0.3) is 72.3 Å². The van der Waals surface area contributed by atoms with Gasteiger partial charge < -0.3 is 13.9 Å². The van der Waals surface area contributed by atoms with Crippen LogP contribution in [0.1, 0.15) is 37.5 Å². The first-order valence-electron chi connectivity index (χ1n) is 35.1. The molecule has 3 heterocycles. The minimum Gasteiger partial charge on any atom is -0.510 e. The summed E-state index contributed by atoms with van der Waals surface area (Å²) < 4.78 is 152. The Balaban J connectivity index is 0.00000890. The molecular formula is C92H64F8N4OPtSi2-2. The summed E-state index contributed by atoms with van der Waals surface area (Å²) in [5, 5.41) is 8.37. The molecule has 0 fully saturated rings. The van der Waals surface area contributed by atoms with Gasteiger partial charge in [0.15, 0.2) is 16.1 Å². The molecule has 0 N–H and O–H groups in total. The van der Waals surface area contributed by atoms with Crippen molar-refractivity contribution in [2.45, 2.75) is 49.9 Å². The minimum atomic E-state index is -6.67. The zero-order valence-corrected chi connectivity index (χ0v) is 62.6. The molecule has 1 aliphatic carbocycles. The first-order chi connectivity index (χ1) is 51.7. The number of hydrogen-bond donors (Lipinski definition) is 0. The number of para-hydroxylation sites is 3. The fraction of sp³-hybridized carbons (Fsp3) is 0.0870. The Bertz CT molecular complexity index is 5870. The van der Waals surface area contributed by atoms with E-state index in [1.54, 1.807) is 83.6 Å². The number of imidazole rings is 1. The second kappa shape index (κ2) is 27.1. The zero-order chi connectivity index (χ0) is 73.7. The molecule has 17 rings (SSSR count). The molecule has 534 valence electrons. The van der Waals surface area contributed by atoms with Crippen molar-refractivity contribution in [1.82, 2.24) is 14.1 Å². The van der Waals surface area contributed by atoms with Crippen LogP contribution in [-0.4, -0.2) is 42.1 Å². The number of alkyl halides is 8. The first-order valence-corrected chi connectivity index (χ1v) is 39.1. The molecule has 1 aliphatic rings. The van der Waals surface area contributed by atoms with E-state index in [2.05, 4.69) is 45.3 Å². The summed E-state index contributed by atoms with van der Waals surface area (Å²) in [5.74, 6) is -24.0. The molecule has 0 amide bonds. The van der Waals surface area contributed by atoms with Crippen molar-refractivity contribution in [3.8, 4) is 50.9 Å². The molecule has 108 heavy (non-hydrogen) atoms. The topological polar surface area (TPSA) is 35.9 Å². The van der Waals surface area contributed by atoms with Gasteiger partial charge in [-0.3, -0.25) is 4.57 Å². The van der Waals surface area contributed by atoms with Gasteiger partial charge in [-0.25, -0.2) is 4.98 Å². The van der Waals surface area contributed by atoms with Gasteiger partial charge in [0.2, 0.25) is 0 Å². The standard InChI is InChI=1S/C92H64F8N4OSi2.Pt/c1-88(2,3)64-53-54-101-84(57-64)104-80-48-23-22-47-76(80)77-52-51-67(59-83(77)104)105-66-32-28-31-65(58-66)102-61-103(82-50-25-24-49-81(82)102)87-78(62-29-26-45-74(55-62)106(68-33-10-4-11-34-68,69-35-12-5-13-36-69)70-37-14-6-15-38-70)60-79-86(90(95,96)92(99,100)91(97,98)89(79,93)94)85(87)63-30-27-46-75(56-63)107(71-39-16-7-17-40-71,72-41-18-8-19-42-72)73-43-20-9-21-44-73;/h4-57,60H,1-3H3;/q-2;. The second-order valence-corrected chi connectivity index (χ2v) is 35.7. The normalized spacial score (nSPS) is 14.5. The van der Waals surface area contributed by atoms with Crippen molar-refractivity contribution in [3.63, 3.8) is 0 Å². The summed E-state index contributed by atoms with van der Waals surface area (Å²) in [7, 11) is -7.30. The molecule has 16 aromatic rings. The minimum absolute atomic E-state index is 0. The van der Waals surface area contributed by atoms with E-state index in [9.17, 15) is 0 Å². The predicted molar refractivity (Wildman–Crippen MR) is 414 cm³/mol. The van der Waals surface area contributed by atoms with Crippen molar-refractivity contribution in [1.29, 1.82) is 0 Å². The Kier molecular flexibility index (Phi) is 17.8. The summed E-state index contributed by atoms with van der Waals surface area (Å²) in [4.78, 5) is 4.85. The van der Waals surface area contributed by atoms with Crippen LogP contribution in [0.2, 0.25) is 0 Å². The summed E-state index contributed by atoms with van der Waals surface area (Å²) >= 11 is 0. The third kappa shape index (κ3) is 11.2. The molecule has 16 heteroatoms. The number of fused-ring (bicyclic) bond motifs is 5. The molecule has 0 unspecified atom stereocenters. The van der Waals surface area contributed by atoms with E-state index in [1.807, 2.05) is 241 Å². The second-order valence-electron chi connectivity index (χ2n) is 28.1. The fourth-order valence-electron chi connectivity index (χ4n) is 16.0. The SMILES string of the molecule is CC(C)(C)c1ccnc(-n2c3[c-]c(Oc4[c-]c(-n5[c-][n+](-c6c(-c7cccc([Si](c8ccccc8)(c8ccccc8)c8ccccc8)c7)cc7c(c6-c6cccc([Si](c8ccccc8)(c8ccccc8)c8ccccc8)c6)C(F)(F)C(F)(F)C(F)(F)C7(F)F)c6ccccc65)ccc4)ccc3c3ccccc32)c1.[Pt]. The summed E-state index contributed by atoms with van der Waals surface area (Å²) in [6.45, 7) is 6.43. The summed E-state index contributed by atoms with van der Waals surface area (Å²) in [6, 6.07) is 107. The van der Waals surface area contributed by atoms with Gasteiger partial charge in [-0.05, 0) is 105 Å². The van der Waals surface area contributed by atoms with Gasteiger partial charge in [-0.1, -0.05) is 299 Å². The van der Waals surface area contributed by atoms with Crippen molar-refractivity contribution in [2.75, 3.05) is 0 Å². The van der Waals surface area contributed by atoms with Crippen LogP contribution >= 0.6 is 0 Å². The average Bonchev–Trinajstić information content (AvgIpc) is 0.787. The van der Waals surface area contributed by atoms with E-state index in [4.69, 9.17) is 9.72 Å². The van der Waals surface area contributed by atoms with E-state index < -0.39 is 56.5 Å². The molecule has 5 nitrogen and oxygen atoms in total. The van der Waals surface area contributed by atoms with Crippen molar-refractivity contribution in [2.24, 2.45) is 0 Å². The Morgan fingerprint density at radius 3 is 1.41 bits per heavy atom. The first kappa shape index (κ1) is 70.9. The Morgan fingerprint density at radius 2 is 0.870 bits per heavy atom. The van der Waals surface area contributed by atoms with E-state index >= 15 is 35.1 Å². The average molecular weight is 1640 g/mol. The largest absolute Gasteiger partial charge is 0.510 e. The smallest absolute Gasteiger partial charge is 0.382 e. The van der Waals surface area contributed by atoms with Gasteiger partial charge in [0.25, 0.3) is 6.33 Å². The van der Waals surface area contributed by atoms with E-state index in [-0.39, 0.29) is 65.8 Å². The molecule has 13 aromatic carbocycles. The van der Waals surface area contributed by atoms with Crippen LogP contribution in [0, 0.1) is 18.5 Å². The number of hydrogen-bond acceptors (Lipinski definition) is 2. The maximum Gasteiger partial charge on any atom is 0.382 e. The van der Waals surface area contributed by atoms with E-state index in [0.717, 1.165) is 53.0 Å². The van der Waals surface area contributed by atoms with Gasteiger partial charge in [-0.2, -0.15) is 53.3 Å². The Hall–Kier alpha value is -11.4. The molecule has 3 aromatic heterocycles. The maximum atomic E-state index is 18.4. The summed E-state index contributed by atoms with van der Waals surface area (Å²) in [5.41, 5.74) is -2.14. The number of halogens is 8. The number of ether oxygens (including phenoxy) is 1.